The number of fused-ring (bicyclic) bond motifs is 1. The summed E-state index contributed by atoms with van der Waals surface area (Å²) in [6.45, 7) is 3.91. The van der Waals surface area contributed by atoms with Crippen molar-refractivity contribution >= 4 is 32.8 Å². The summed E-state index contributed by atoms with van der Waals surface area (Å²) >= 11 is 3.57. The first-order valence-corrected chi connectivity index (χ1v) is 11.5. The molecule has 3 aromatic rings. The second-order valence-electron chi connectivity index (χ2n) is 7.80. The molecule has 4 rings (SSSR count). The van der Waals surface area contributed by atoms with Crippen LogP contribution in [-0.2, 0) is 9.53 Å². The molecular weight excluding hydrogens is 456 g/mol. The molecular formula is C25H27BrN2O3. The van der Waals surface area contributed by atoms with Gasteiger partial charge in [0.15, 0.2) is 0 Å². The Morgan fingerprint density at radius 1 is 1.16 bits per heavy atom. The Morgan fingerprint density at radius 2 is 1.90 bits per heavy atom. The van der Waals surface area contributed by atoms with Gasteiger partial charge in [-0.25, -0.2) is 4.98 Å². The first kappa shape index (κ1) is 21.8. The molecule has 1 atom stereocenters. The molecule has 0 radical (unpaired) electrons. The van der Waals surface area contributed by atoms with Crippen LogP contribution in [0.2, 0.25) is 0 Å². The van der Waals surface area contributed by atoms with E-state index in [4.69, 9.17) is 14.5 Å². The molecule has 1 unspecified atom stereocenters. The molecule has 0 aliphatic carbocycles. The molecule has 6 heteroatoms. The number of aromatic nitrogens is 1. The van der Waals surface area contributed by atoms with Gasteiger partial charge in [-0.05, 0) is 62.7 Å². The number of benzene rings is 2. The zero-order chi connectivity index (χ0) is 21.8. The highest BCUT2D eigenvalue weighted by atomic mass is 79.9. The molecule has 2 aromatic carbocycles. The lowest BCUT2D eigenvalue weighted by atomic mass is 9.91. The molecule has 1 aliphatic rings. The van der Waals surface area contributed by atoms with Crippen molar-refractivity contribution in [3.63, 3.8) is 0 Å². The fourth-order valence-corrected chi connectivity index (χ4v) is 4.76. The van der Waals surface area contributed by atoms with Gasteiger partial charge in [-0.1, -0.05) is 46.3 Å². The Labute approximate surface area is 191 Å². The summed E-state index contributed by atoms with van der Waals surface area (Å²) in [6.07, 6.45) is 1.58. The van der Waals surface area contributed by atoms with E-state index in [9.17, 15) is 4.79 Å². The molecule has 1 saturated heterocycles. The largest absolute Gasteiger partial charge is 0.481 e. The molecule has 1 aromatic heterocycles. The molecule has 31 heavy (non-hydrogen) atoms. The lowest BCUT2D eigenvalue weighted by molar-refractivity contribution is -0.149. The van der Waals surface area contributed by atoms with E-state index in [0.29, 0.717) is 12.5 Å². The van der Waals surface area contributed by atoms with Gasteiger partial charge in [-0.3, -0.25) is 9.69 Å². The quantitative estimate of drug-likeness (QED) is 0.442. The van der Waals surface area contributed by atoms with Crippen LogP contribution in [0.5, 0.6) is 5.88 Å². The third-order valence-corrected chi connectivity index (χ3v) is 6.38. The standard InChI is InChI=1S/C25H27BrN2O3/c1-3-31-25(29)18-11-13-28(14-12-18)23(17-7-5-4-6-8-17)21-16-19-15-20(26)9-10-22(19)27-24(21)30-2/h4-10,15-16,18,23H,3,11-14H2,1-2H3. The molecule has 1 fully saturated rings. The highest BCUT2D eigenvalue weighted by Gasteiger charge is 2.32. The van der Waals surface area contributed by atoms with Crippen molar-refractivity contribution in [1.29, 1.82) is 0 Å². The van der Waals surface area contributed by atoms with Crippen LogP contribution < -0.4 is 4.74 Å². The number of pyridine rings is 1. The molecule has 0 N–H and O–H groups in total. The first-order chi connectivity index (χ1) is 15.1. The predicted molar refractivity (Wildman–Crippen MR) is 125 cm³/mol. The summed E-state index contributed by atoms with van der Waals surface area (Å²) in [4.78, 5) is 19.4. The summed E-state index contributed by atoms with van der Waals surface area (Å²) in [6, 6.07) is 18.7. The Hall–Kier alpha value is -2.44. The fraction of sp³-hybridized carbons (Fsp3) is 0.360. The van der Waals surface area contributed by atoms with Crippen LogP contribution in [0.25, 0.3) is 10.9 Å². The van der Waals surface area contributed by atoms with E-state index in [-0.39, 0.29) is 17.9 Å². The second-order valence-corrected chi connectivity index (χ2v) is 8.72. The van der Waals surface area contributed by atoms with E-state index in [0.717, 1.165) is 46.9 Å². The molecule has 162 valence electrons. The zero-order valence-electron chi connectivity index (χ0n) is 17.9. The van der Waals surface area contributed by atoms with Crippen LogP contribution >= 0.6 is 15.9 Å². The Kier molecular flexibility index (Phi) is 6.88. The number of halogens is 1. The summed E-state index contributed by atoms with van der Waals surface area (Å²) in [5.74, 6) is 0.532. The number of rotatable bonds is 6. The van der Waals surface area contributed by atoms with Gasteiger partial charge >= 0.3 is 5.97 Å². The number of piperidine rings is 1. The summed E-state index contributed by atoms with van der Waals surface area (Å²) in [5.41, 5.74) is 3.12. The topological polar surface area (TPSA) is 51.7 Å². The smallest absolute Gasteiger partial charge is 0.309 e. The number of likely N-dealkylation sites (tertiary alicyclic amines) is 1. The zero-order valence-corrected chi connectivity index (χ0v) is 19.5. The van der Waals surface area contributed by atoms with Crippen molar-refractivity contribution in [1.82, 2.24) is 9.88 Å². The minimum Gasteiger partial charge on any atom is -0.481 e. The fourth-order valence-electron chi connectivity index (χ4n) is 4.38. The molecule has 5 nitrogen and oxygen atoms in total. The molecule has 0 amide bonds. The highest BCUT2D eigenvalue weighted by molar-refractivity contribution is 9.10. The maximum atomic E-state index is 12.2. The van der Waals surface area contributed by atoms with E-state index in [1.807, 2.05) is 25.1 Å². The second kappa shape index (κ2) is 9.79. The van der Waals surface area contributed by atoms with Gasteiger partial charge in [-0.2, -0.15) is 0 Å². The number of carbonyl (C=O) groups excluding carboxylic acids is 1. The van der Waals surface area contributed by atoms with E-state index >= 15 is 0 Å². The SMILES string of the molecule is CCOC(=O)C1CCN(C(c2ccccc2)c2cc3cc(Br)ccc3nc2OC)CC1. The van der Waals surface area contributed by atoms with Crippen LogP contribution in [0.3, 0.4) is 0 Å². The third kappa shape index (κ3) is 4.75. The average molecular weight is 483 g/mol. The number of nitrogens with zero attached hydrogens (tertiary/aromatic N) is 2. The van der Waals surface area contributed by atoms with Crippen molar-refractivity contribution in [3.05, 3.63) is 70.2 Å². The normalized spacial score (nSPS) is 16.2. The van der Waals surface area contributed by atoms with Gasteiger partial charge in [0.2, 0.25) is 5.88 Å². The number of hydrogen-bond donors (Lipinski definition) is 0. The molecule has 0 saturated carbocycles. The van der Waals surface area contributed by atoms with E-state index in [1.54, 1.807) is 7.11 Å². The van der Waals surface area contributed by atoms with Crippen LogP contribution in [-0.4, -0.2) is 42.7 Å². The van der Waals surface area contributed by atoms with E-state index < -0.39 is 0 Å². The van der Waals surface area contributed by atoms with E-state index in [2.05, 4.69) is 57.2 Å². The Bertz CT molecular complexity index is 1050. The van der Waals surface area contributed by atoms with Crippen LogP contribution in [0, 0.1) is 5.92 Å². The monoisotopic (exact) mass is 482 g/mol. The summed E-state index contributed by atoms with van der Waals surface area (Å²) < 4.78 is 12.0. The van der Waals surface area contributed by atoms with Crippen molar-refractivity contribution in [3.8, 4) is 5.88 Å². The number of esters is 1. The third-order valence-electron chi connectivity index (χ3n) is 5.89. The van der Waals surface area contributed by atoms with Gasteiger partial charge in [0.1, 0.15) is 0 Å². The predicted octanol–water partition coefficient (Wildman–Crippen LogP) is 5.37. The Morgan fingerprint density at radius 3 is 2.58 bits per heavy atom. The van der Waals surface area contributed by atoms with Crippen LogP contribution in [0.1, 0.15) is 36.9 Å². The molecule has 0 spiro atoms. The minimum absolute atomic E-state index is 0.00447. The van der Waals surface area contributed by atoms with Gasteiger partial charge < -0.3 is 9.47 Å². The number of hydrogen-bond acceptors (Lipinski definition) is 5. The minimum atomic E-state index is -0.0757. The number of methoxy groups -OCH3 is 1. The highest BCUT2D eigenvalue weighted by Crippen LogP contribution is 2.38. The van der Waals surface area contributed by atoms with Gasteiger partial charge in [-0.15, -0.1) is 0 Å². The average Bonchev–Trinajstić information content (AvgIpc) is 2.80. The number of carbonyl (C=O) groups is 1. The molecule has 1 aliphatic heterocycles. The Balaban J connectivity index is 1.72. The first-order valence-electron chi connectivity index (χ1n) is 10.7. The van der Waals surface area contributed by atoms with Gasteiger partial charge in [0, 0.05) is 15.4 Å². The van der Waals surface area contributed by atoms with Crippen molar-refractivity contribution in [2.75, 3.05) is 26.8 Å². The lowest BCUT2D eigenvalue weighted by Crippen LogP contribution is -2.39. The van der Waals surface area contributed by atoms with Crippen molar-refractivity contribution in [2.45, 2.75) is 25.8 Å². The van der Waals surface area contributed by atoms with Crippen molar-refractivity contribution in [2.24, 2.45) is 5.92 Å². The van der Waals surface area contributed by atoms with Crippen LogP contribution in [0.15, 0.2) is 59.1 Å². The number of ether oxygens (including phenoxy) is 2. The lowest BCUT2D eigenvalue weighted by Gasteiger charge is -2.37. The van der Waals surface area contributed by atoms with Gasteiger partial charge in [0.05, 0.1) is 31.2 Å². The molecule has 2 heterocycles. The summed E-state index contributed by atoms with van der Waals surface area (Å²) in [5, 5.41) is 1.06. The summed E-state index contributed by atoms with van der Waals surface area (Å²) in [7, 11) is 1.67. The van der Waals surface area contributed by atoms with Crippen LogP contribution in [0.4, 0.5) is 0 Å². The molecule has 0 bridgehead atoms. The van der Waals surface area contributed by atoms with Gasteiger partial charge in [0.25, 0.3) is 0 Å². The van der Waals surface area contributed by atoms with Crippen molar-refractivity contribution < 1.29 is 14.3 Å². The van der Waals surface area contributed by atoms with E-state index in [1.165, 1.54) is 5.56 Å². The maximum absolute atomic E-state index is 12.2. The maximum Gasteiger partial charge on any atom is 0.309 e.